The van der Waals surface area contributed by atoms with Crippen molar-refractivity contribution >= 4 is 29.7 Å². The molecule has 43 heavy (non-hydrogen) atoms. The topological polar surface area (TPSA) is 122 Å². The van der Waals surface area contributed by atoms with Crippen LogP contribution in [-0.4, -0.2) is 64.6 Å². The molecule has 14 heteroatoms. The number of hydrogen-bond acceptors (Lipinski definition) is 7. The lowest BCUT2D eigenvalue weighted by Gasteiger charge is -2.38. The molecule has 1 unspecified atom stereocenters. The summed E-state index contributed by atoms with van der Waals surface area (Å²) in [5, 5.41) is 2.21. The van der Waals surface area contributed by atoms with E-state index >= 15 is 4.39 Å². The molecule has 0 aliphatic carbocycles. The molecule has 1 aromatic carbocycles. The van der Waals surface area contributed by atoms with Crippen LogP contribution in [0, 0.1) is 11.7 Å². The highest BCUT2D eigenvalue weighted by Gasteiger charge is 2.47. The van der Waals surface area contributed by atoms with E-state index in [1.54, 1.807) is 19.5 Å². The van der Waals surface area contributed by atoms with Gasteiger partial charge < -0.3 is 15.0 Å². The van der Waals surface area contributed by atoms with E-state index in [1.807, 2.05) is 11.8 Å². The third-order valence-electron chi connectivity index (χ3n) is 7.73. The molecule has 0 bridgehead atoms. The van der Waals surface area contributed by atoms with Crippen LogP contribution in [0.4, 0.5) is 23.4 Å². The maximum Gasteiger partial charge on any atom is 0.416 e. The molecule has 2 aromatic rings. The summed E-state index contributed by atoms with van der Waals surface area (Å²) in [5.41, 5.74) is 0.107. The number of hydrogen-bond donors (Lipinski definition) is 2. The van der Waals surface area contributed by atoms with E-state index in [4.69, 9.17) is 15.6 Å². The molecule has 5 rings (SSSR count). The Morgan fingerprint density at radius 1 is 1.21 bits per heavy atom. The monoisotopic (exact) mass is 600 g/mol. The number of aliphatic imine (C=N–C) groups is 2. The van der Waals surface area contributed by atoms with Crippen LogP contribution in [0.3, 0.4) is 0 Å². The van der Waals surface area contributed by atoms with Crippen LogP contribution in [0.15, 0.2) is 70.3 Å². The van der Waals surface area contributed by atoms with Gasteiger partial charge in [-0.2, -0.15) is 24.0 Å². The van der Waals surface area contributed by atoms with E-state index in [2.05, 4.69) is 15.3 Å². The van der Waals surface area contributed by atoms with Crippen molar-refractivity contribution in [2.45, 2.75) is 38.4 Å². The number of benzene rings is 1. The van der Waals surface area contributed by atoms with Gasteiger partial charge in [0.1, 0.15) is 23.5 Å². The number of aromatic nitrogens is 1. The molecule has 2 amide bonds. The number of carbonyl (C=O) groups excluding carboxylic acids is 2. The van der Waals surface area contributed by atoms with E-state index in [0.717, 1.165) is 31.2 Å². The molecule has 4 heterocycles. The van der Waals surface area contributed by atoms with E-state index in [-0.39, 0.29) is 40.5 Å². The zero-order chi connectivity index (χ0) is 30.9. The highest BCUT2D eigenvalue weighted by Crippen LogP contribution is 2.39. The molecule has 0 saturated carbocycles. The lowest BCUT2D eigenvalue weighted by atomic mass is 9.90. The van der Waals surface area contributed by atoms with Gasteiger partial charge in [-0.15, -0.1) is 4.59 Å². The summed E-state index contributed by atoms with van der Waals surface area (Å²) in [7, 11) is 1.54. The number of halogens is 4. The van der Waals surface area contributed by atoms with Crippen LogP contribution in [0.1, 0.15) is 47.7 Å². The van der Waals surface area contributed by atoms with Crippen molar-refractivity contribution in [1.82, 2.24) is 9.88 Å². The number of likely N-dealkylation sites (tertiary alicyclic amines) is 1. The minimum absolute atomic E-state index is 0.0196. The Morgan fingerprint density at radius 3 is 2.72 bits per heavy atom. The van der Waals surface area contributed by atoms with Gasteiger partial charge in [-0.05, 0) is 50.1 Å². The second kappa shape index (κ2) is 11.8. The quantitative estimate of drug-likeness (QED) is 0.278. The maximum atomic E-state index is 15.3. The van der Waals surface area contributed by atoms with Crippen LogP contribution in [0.5, 0.6) is 0 Å². The Bertz CT molecular complexity index is 1570. The zero-order valence-electron chi connectivity index (χ0n) is 23.4. The highest BCUT2D eigenvalue weighted by atomic mass is 19.4. The molecule has 0 spiro atoms. The van der Waals surface area contributed by atoms with Crippen molar-refractivity contribution in [1.29, 1.82) is 0 Å². The molecule has 1 fully saturated rings. The summed E-state index contributed by atoms with van der Waals surface area (Å²) >= 11 is 0. The van der Waals surface area contributed by atoms with Crippen LogP contribution in [-0.2, 0) is 15.7 Å². The van der Waals surface area contributed by atoms with E-state index in [9.17, 15) is 22.8 Å². The number of carbonyl (C=O) groups is 2. The summed E-state index contributed by atoms with van der Waals surface area (Å²) in [4.78, 5) is 40.2. The Balaban J connectivity index is 1.41. The molecule has 3 aliphatic rings. The number of nitrogens with zero attached hydrogens (tertiary/aromatic N) is 5. The van der Waals surface area contributed by atoms with E-state index < -0.39 is 29.0 Å². The van der Waals surface area contributed by atoms with Crippen LogP contribution < -0.4 is 11.2 Å². The number of amides is 2. The highest BCUT2D eigenvalue weighted by molar-refractivity contribution is 6.05. The molecule has 0 radical (unpaired) electrons. The fourth-order valence-electron chi connectivity index (χ4n) is 5.41. The summed E-state index contributed by atoms with van der Waals surface area (Å²) in [6.45, 7) is 2.74. The fourth-order valence-corrected chi connectivity index (χ4v) is 5.41. The van der Waals surface area contributed by atoms with Gasteiger partial charge >= 0.3 is 6.18 Å². The number of methoxy groups -OCH3 is 1. The molecular weight excluding hydrogens is 570 g/mol. The van der Waals surface area contributed by atoms with Gasteiger partial charge in [0, 0.05) is 31.8 Å². The first kappa shape index (κ1) is 30.2. The Labute approximate surface area is 244 Å². The molecule has 226 valence electrons. The predicted octanol–water partition coefficient (Wildman–Crippen LogP) is 4.37. The lowest BCUT2D eigenvalue weighted by Crippen LogP contribution is -2.53. The van der Waals surface area contributed by atoms with Gasteiger partial charge in [0.05, 0.1) is 42.1 Å². The number of allylic oxidation sites excluding steroid dienone is 1. The van der Waals surface area contributed by atoms with Gasteiger partial charge in [-0.3, -0.25) is 14.6 Å². The fraction of sp³-hybridized carbons (Fsp3) is 0.345. The summed E-state index contributed by atoms with van der Waals surface area (Å²) in [6, 6.07) is 5.25. The third kappa shape index (κ3) is 5.98. The summed E-state index contributed by atoms with van der Waals surface area (Å²) in [6.07, 6.45) is 2.74. The molecule has 3 aliphatic heterocycles. The van der Waals surface area contributed by atoms with Crippen molar-refractivity contribution in [3.63, 3.8) is 0 Å². The smallest absolute Gasteiger partial charge is 0.384 e. The Kier molecular flexibility index (Phi) is 8.27. The van der Waals surface area contributed by atoms with Gasteiger partial charge in [0.2, 0.25) is 11.6 Å². The number of rotatable bonds is 7. The largest absolute Gasteiger partial charge is 0.416 e. The number of amidine groups is 1. The minimum atomic E-state index is -4.63. The zero-order valence-corrected chi connectivity index (χ0v) is 23.4. The number of alkyl halides is 3. The number of pyridine rings is 1. The minimum Gasteiger partial charge on any atom is -0.384 e. The van der Waals surface area contributed by atoms with Gasteiger partial charge in [-0.1, -0.05) is 0 Å². The first-order valence-corrected chi connectivity index (χ1v) is 13.6. The Morgan fingerprint density at radius 2 is 2.00 bits per heavy atom. The van der Waals surface area contributed by atoms with Crippen molar-refractivity contribution in [3.05, 3.63) is 82.8 Å². The number of fused-ring (bicyclic) bond motifs is 1. The molecule has 1 aromatic heterocycles. The van der Waals surface area contributed by atoms with Crippen molar-refractivity contribution in [2.75, 3.05) is 25.6 Å². The van der Waals surface area contributed by atoms with Crippen LogP contribution in [0.2, 0.25) is 0 Å². The normalized spacial score (nSPS) is 23.3. The predicted molar refractivity (Wildman–Crippen MR) is 150 cm³/mol. The van der Waals surface area contributed by atoms with Crippen LogP contribution >= 0.6 is 0 Å². The van der Waals surface area contributed by atoms with E-state index in [0.29, 0.717) is 36.2 Å². The molecular formula is C29H30F4N7O3+. The lowest BCUT2D eigenvalue weighted by molar-refractivity contribution is -0.750. The summed E-state index contributed by atoms with van der Waals surface area (Å²) in [5.74, 6) is 4.64. The number of anilines is 1. The second-order valence-electron chi connectivity index (χ2n) is 10.5. The number of nitrogens with one attached hydrogen (secondary N) is 1. The van der Waals surface area contributed by atoms with Gasteiger partial charge in [0.15, 0.2) is 0 Å². The van der Waals surface area contributed by atoms with Gasteiger partial charge in [-0.25, -0.2) is 9.37 Å². The first-order valence-electron chi connectivity index (χ1n) is 13.6. The molecule has 3 N–H and O–H groups in total. The Hall–Kier alpha value is -4.27. The SMILES string of the molecule is COCCC(=O)N1C[C@H](C2=C3C=NC=C[N+]3(N)C(c3ccc(C(=O)Nc4cc(C(F)(F)F)ccn4)c(F)c3)=N2)CC[C@@H]1C. The van der Waals surface area contributed by atoms with Crippen molar-refractivity contribution in [2.24, 2.45) is 21.7 Å². The molecule has 1 saturated heterocycles. The maximum absolute atomic E-state index is 15.3. The number of piperidine rings is 1. The average molecular weight is 601 g/mol. The van der Waals surface area contributed by atoms with Crippen LogP contribution in [0.25, 0.3) is 0 Å². The number of ether oxygens (including phenoxy) is 1. The number of nitrogens with two attached hydrogens (primary N) is 1. The van der Waals surface area contributed by atoms with E-state index in [1.165, 1.54) is 18.3 Å². The van der Waals surface area contributed by atoms with Crippen molar-refractivity contribution in [3.8, 4) is 0 Å². The second-order valence-corrected chi connectivity index (χ2v) is 10.5. The molecule has 10 nitrogen and oxygen atoms in total. The van der Waals surface area contributed by atoms with Gasteiger partial charge in [0.25, 0.3) is 11.7 Å². The first-order chi connectivity index (χ1) is 20.4. The van der Waals surface area contributed by atoms with Crippen molar-refractivity contribution < 1.29 is 36.5 Å². The standard InChI is InChI=1S/C29H29F4N7O3/c1-17-3-4-19(16-39(17)25(41)8-12-43-2)26-23-15-35-10-11-40(23,34)27(38-26)18-5-6-21(22(30)13-18)28(42)37-24-14-20(7-9-36-24)29(31,32)33/h5-7,9-11,13-15,17,19H,3-4,8,12,16,34H2,1-2H3/p+1/t17-,19+,40?/m0/s1. The third-order valence-corrected chi connectivity index (χ3v) is 7.73. The number of quaternary nitrogens is 1. The molecule has 3 atom stereocenters. The average Bonchev–Trinajstić information content (AvgIpc) is 3.28. The summed E-state index contributed by atoms with van der Waals surface area (Å²) < 4.78 is 59.1.